The van der Waals surface area contributed by atoms with E-state index in [-0.39, 0.29) is 17.6 Å². The number of rotatable bonds is 4. The van der Waals surface area contributed by atoms with Crippen LogP contribution in [0, 0.1) is 0 Å². The lowest BCUT2D eigenvalue weighted by molar-refractivity contribution is 0.116. The number of aromatic nitrogens is 2. The van der Waals surface area contributed by atoms with Crippen molar-refractivity contribution in [1.29, 1.82) is 0 Å². The van der Waals surface area contributed by atoms with E-state index in [2.05, 4.69) is 10.2 Å². The first-order chi connectivity index (χ1) is 16.6. The van der Waals surface area contributed by atoms with Gasteiger partial charge in [0.05, 0.1) is 17.1 Å². The standard InChI is InChI=1S/C26H37N5O3/c32-25-24(30-15-12-19(18-30)27-26(33)34)28-22-10-6-7-11-23(22)31(25)21-13-16-29(17-14-21)20-8-4-2-1-3-5-9-20/h6-7,10-11,19-21,27H,1-5,8-9,12-18H2,(H,33,34). The highest BCUT2D eigenvalue weighted by atomic mass is 16.4. The quantitative estimate of drug-likeness (QED) is 0.707. The Labute approximate surface area is 201 Å². The number of fused-ring (bicyclic) bond motifs is 1. The van der Waals surface area contributed by atoms with Gasteiger partial charge in [-0.3, -0.25) is 4.79 Å². The lowest BCUT2D eigenvalue weighted by Crippen LogP contribution is -2.44. The van der Waals surface area contributed by atoms with Crippen molar-refractivity contribution >= 4 is 22.9 Å². The SMILES string of the molecule is O=C(O)NC1CCN(c2nc3ccccc3n(C3CCN(C4CCCCCCC4)CC3)c2=O)C1. The van der Waals surface area contributed by atoms with Gasteiger partial charge in [0.1, 0.15) is 0 Å². The van der Waals surface area contributed by atoms with E-state index in [0.717, 1.165) is 37.0 Å². The summed E-state index contributed by atoms with van der Waals surface area (Å²) in [5.74, 6) is 0.454. The van der Waals surface area contributed by atoms with Gasteiger partial charge in [-0.25, -0.2) is 9.78 Å². The first kappa shape index (κ1) is 23.1. The van der Waals surface area contributed by atoms with Gasteiger partial charge in [-0.2, -0.15) is 0 Å². The molecule has 3 heterocycles. The molecule has 0 bridgehead atoms. The molecule has 2 aromatic rings. The second-order valence-corrected chi connectivity index (χ2v) is 10.2. The lowest BCUT2D eigenvalue weighted by atomic mass is 9.93. The lowest BCUT2D eigenvalue weighted by Gasteiger charge is -2.39. The summed E-state index contributed by atoms with van der Waals surface area (Å²) in [7, 11) is 0. The molecule has 5 rings (SSSR count). The van der Waals surface area contributed by atoms with Gasteiger partial charge in [0, 0.05) is 38.3 Å². The summed E-state index contributed by atoms with van der Waals surface area (Å²) in [6.45, 7) is 3.20. The molecule has 1 amide bonds. The number of anilines is 1. The number of benzene rings is 1. The Hall–Kier alpha value is -2.61. The van der Waals surface area contributed by atoms with Crippen molar-refractivity contribution in [2.75, 3.05) is 31.1 Å². The van der Waals surface area contributed by atoms with Crippen molar-refractivity contribution in [3.05, 3.63) is 34.6 Å². The Kier molecular flexibility index (Phi) is 7.04. The maximum Gasteiger partial charge on any atom is 0.404 e. The number of carbonyl (C=O) groups is 1. The third-order valence-corrected chi connectivity index (χ3v) is 8.05. The third kappa shape index (κ3) is 4.92. The van der Waals surface area contributed by atoms with Crippen molar-refractivity contribution in [2.24, 2.45) is 0 Å². The summed E-state index contributed by atoms with van der Waals surface area (Å²) >= 11 is 0. The van der Waals surface area contributed by atoms with Crippen LogP contribution in [0.15, 0.2) is 29.1 Å². The molecule has 34 heavy (non-hydrogen) atoms. The maximum atomic E-state index is 13.8. The van der Waals surface area contributed by atoms with Gasteiger partial charge < -0.3 is 24.8 Å². The Morgan fingerprint density at radius 2 is 1.62 bits per heavy atom. The van der Waals surface area contributed by atoms with Crippen molar-refractivity contribution in [1.82, 2.24) is 19.8 Å². The molecule has 0 spiro atoms. The van der Waals surface area contributed by atoms with E-state index < -0.39 is 6.09 Å². The van der Waals surface area contributed by atoms with E-state index in [0.29, 0.717) is 31.4 Å². The number of hydrogen-bond acceptors (Lipinski definition) is 5. The van der Waals surface area contributed by atoms with Crippen LogP contribution in [-0.4, -0.2) is 63.9 Å². The largest absolute Gasteiger partial charge is 0.465 e. The normalized spacial score (nSPS) is 23.6. The molecule has 1 aromatic heterocycles. The first-order valence-corrected chi connectivity index (χ1v) is 13.1. The number of hydrogen-bond donors (Lipinski definition) is 2. The van der Waals surface area contributed by atoms with Gasteiger partial charge >= 0.3 is 6.09 Å². The number of nitrogens with one attached hydrogen (secondary N) is 1. The van der Waals surface area contributed by atoms with E-state index in [1.807, 2.05) is 33.7 Å². The smallest absolute Gasteiger partial charge is 0.404 e. The monoisotopic (exact) mass is 467 g/mol. The molecule has 8 heteroatoms. The zero-order valence-corrected chi connectivity index (χ0v) is 20.0. The van der Waals surface area contributed by atoms with Crippen LogP contribution in [0.1, 0.15) is 70.3 Å². The minimum atomic E-state index is -1.02. The third-order valence-electron chi connectivity index (χ3n) is 8.05. The van der Waals surface area contributed by atoms with Crippen LogP contribution in [0.3, 0.4) is 0 Å². The molecule has 1 unspecified atom stereocenters. The van der Waals surface area contributed by atoms with E-state index in [1.54, 1.807) is 0 Å². The van der Waals surface area contributed by atoms with Gasteiger partial charge in [0.2, 0.25) is 0 Å². The van der Waals surface area contributed by atoms with Crippen LogP contribution in [0.25, 0.3) is 11.0 Å². The van der Waals surface area contributed by atoms with Crippen LogP contribution in [0.4, 0.5) is 10.6 Å². The van der Waals surface area contributed by atoms with Crippen molar-refractivity contribution in [3.8, 4) is 0 Å². The number of carboxylic acid groups (broad SMARTS) is 1. The molecular weight excluding hydrogens is 430 g/mol. The summed E-state index contributed by atoms with van der Waals surface area (Å²) in [4.78, 5) is 34.2. The summed E-state index contributed by atoms with van der Waals surface area (Å²) in [6, 6.07) is 8.61. The number of nitrogens with zero attached hydrogens (tertiary/aromatic N) is 4. The van der Waals surface area contributed by atoms with Crippen molar-refractivity contribution in [2.45, 2.75) is 82.3 Å². The Balaban J connectivity index is 1.37. The van der Waals surface area contributed by atoms with Gasteiger partial charge in [-0.1, -0.05) is 44.2 Å². The molecule has 3 fully saturated rings. The predicted molar refractivity (Wildman–Crippen MR) is 134 cm³/mol. The van der Waals surface area contributed by atoms with Crippen LogP contribution >= 0.6 is 0 Å². The van der Waals surface area contributed by atoms with Crippen LogP contribution in [0.2, 0.25) is 0 Å². The fourth-order valence-corrected chi connectivity index (χ4v) is 6.26. The van der Waals surface area contributed by atoms with Gasteiger partial charge in [-0.05, 0) is 44.2 Å². The van der Waals surface area contributed by atoms with Crippen LogP contribution in [0.5, 0.6) is 0 Å². The summed E-state index contributed by atoms with van der Waals surface area (Å²) in [5.41, 5.74) is 1.69. The van der Waals surface area contributed by atoms with E-state index in [4.69, 9.17) is 10.1 Å². The molecular formula is C26H37N5O3. The fraction of sp³-hybridized carbons (Fsp3) is 0.654. The van der Waals surface area contributed by atoms with Crippen molar-refractivity contribution < 1.29 is 9.90 Å². The Bertz CT molecular complexity index is 1050. The molecule has 1 aliphatic carbocycles. The number of piperidine rings is 1. The first-order valence-electron chi connectivity index (χ1n) is 13.1. The molecule has 2 N–H and O–H groups in total. The van der Waals surface area contributed by atoms with E-state index >= 15 is 0 Å². The summed E-state index contributed by atoms with van der Waals surface area (Å²) in [5, 5.41) is 11.6. The zero-order valence-electron chi connectivity index (χ0n) is 20.0. The van der Waals surface area contributed by atoms with Gasteiger partial charge in [0.15, 0.2) is 5.82 Å². The van der Waals surface area contributed by atoms with Gasteiger partial charge in [-0.15, -0.1) is 0 Å². The van der Waals surface area contributed by atoms with E-state index in [9.17, 15) is 9.59 Å². The van der Waals surface area contributed by atoms with Crippen LogP contribution < -0.4 is 15.8 Å². The second-order valence-electron chi connectivity index (χ2n) is 10.2. The molecule has 3 aliphatic rings. The molecule has 1 atom stereocenters. The summed E-state index contributed by atoms with van der Waals surface area (Å²) in [6.07, 6.45) is 11.1. The molecule has 2 saturated heterocycles. The molecule has 1 saturated carbocycles. The highest BCUT2D eigenvalue weighted by Crippen LogP contribution is 2.30. The topological polar surface area (TPSA) is 90.7 Å². The summed E-state index contributed by atoms with van der Waals surface area (Å²) < 4.78 is 1.99. The minimum Gasteiger partial charge on any atom is -0.465 e. The maximum absolute atomic E-state index is 13.8. The zero-order chi connectivity index (χ0) is 23.5. The molecule has 1 aromatic carbocycles. The molecule has 2 aliphatic heterocycles. The highest BCUT2D eigenvalue weighted by molar-refractivity contribution is 5.76. The Morgan fingerprint density at radius 1 is 0.912 bits per heavy atom. The number of amides is 1. The molecule has 184 valence electrons. The van der Waals surface area contributed by atoms with Gasteiger partial charge in [0.25, 0.3) is 5.56 Å². The minimum absolute atomic E-state index is 0.0425. The Morgan fingerprint density at radius 3 is 2.35 bits per heavy atom. The van der Waals surface area contributed by atoms with Crippen LogP contribution in [-0.2, 0) is 0 Å². The molecule has 0 radical (unpaired) electrons. The number of para-hydroxylation sites is 2. The average molecular weight is 468 g/mol. The fourth-order valence-electron chi connectivity index (χ4n) is 6.26. The average Bonchev–Trinajstić information content (AvgIpc) is 3.26. The highest BCUT2D eigenvalue weighted by Gasteiger charge is 2.31. The molecule has 8 nitrogen and oxygen atoms in total. The van der Waals surface area contributed by atoms with E-state index in [1.165, 1.54) is 44.9 Å². The van der Waals surface area contributed by atoms with Crippen molar-refractivity contribution in [3.63, 3.8) is 0 Å². The predicted octanol–water partition coefficient (Wildman–Crippen LogP) is 3.99. The second kappa shape index (κ2) is 10.3. The number of likely N-dealkylation sites (tertiary alicyclic amines) is 1.